The summed E-state index contributed by atoms with van der Waals surface area (Å²) in [5, 5.41) is 0. The number of rotatable bonds is 2. The van der Waals surface area contributed by atoms with Gasteiger partial charge in [-0.05, 0) is 37.1 Å². The Kier molecular flexibility index (Phi) is 10.4. The second-order valence-electron chi connectivity index (χ2n) is 15.4. The Bertz CT molecular complexity index is 2110. The van der Waals surface area contributed by atoms with Crippen molar-refractivity contribution in [1.82, 2.24) is 0 Å². The molecule has 0 spiro atoms. The summed E-state index contributed by atoms with van der Waals surface area (Å²) in [6.07, 6.45) is 11.4. The summed E-state index contributed by atoms with van der Waals surface area (Å²) < 4.78 is 38.9. The molecule has 4 aromatic carbocycles. The van der Waals surface area contributed by atoms with Gasteiger partial charge in [0.15, 0.2) is 24.5 Å². The average Bonchev–Trinajstić information content (AvgIpc) is 3.73. The second kappa shape index (κ2) is 14.5. The maximum Gasteiger partial charge on any atom is 0.208 e. The molecule has 0 saturated heterocycles. The fourth-order valence-corrected chi connectivity index (χ4v) is 8.54. The number of hydrogen-bond acceptors (Lipinski definition) is 6. The maximum absolute atomic E-state index is 8.52. The normalized spacial score (nSPS) is 23.3. The van der Waals surface area contributed by atoms with E-state index in [1.54, 1.807) is 0 Å². The van der Waals surface area contributed by atoms with Gasteiger partial charge in [0.05, 0.1) is 0 Å². The number of anilines is 2. The number of benzene rings is 4. The minimum absolute atomic E-state index is 0.0321. The predicted octanol–water partition coefficient (Wildman–Crippen LogP) is 7.98. The lowest BCUT2D eigenvalue weighted by Gasteiger charge is -2.23. The smallest absolute Gasteiger partial charge is 0.208 e. The molecule has 276 valence electrons. The molecule has 2 unspecified atom stereocenters. The van der Waals surface area contributed by atoms with Crippen molar-refractivity contribution in [2.45, 2.75) is 77.3 Å². The lowest BCUT2D eigenvalue weighted by Crippen LogP contribution is -2.24. The van der Waals surface area contributed by atoms with E-state index in [0.717, 1.165) is 12.8 Å². The van der Waals surface area contributed by atoms with Gasteiger partial charge < -0.3 is 18.9 Å². The minimum Gasteiger partial charge on any atom is -0.759 e. The summed E-state index contributed by atoms with van der Waals surface area (Å²) in [5.74, 6) is 0. The van der Waals surface area contributed by atoms with E-state index >= 15 is 0 Å². The summed E-state index contributed by atoms with van der Waals surface area (Å²) in [4.78, 5) is 4.66. The number of allylic oxidation sites excluding steroid dienone is 4. The molecule has 0 saturated carbocycles. The van der Waals surface area contributed by atoms with Crippen LogP contribution >= 0.6 is 0 Å². The molecule has 0 radical (unpaired) electrons. The summed E-state index contributed by atoms with van der Waals surface area (Å²) in [5.41, 5.74) is 13.8. The monoisotopic (exact) mass is 730 g/mol. The van der Waals surface area contributed by atoms with Gasteiger partial charge in [0.1, 0.15) is 0 Å². The van der Waals surface area contributed by atoms with E-state index < -0.39 is 10.4 Å². The van der Waals surface area contributed by atoms with E-state index in [9.17, 15) is 0 Å². The fourth-order valence-electron chi connectivity index (χ4n) is 8.54. The molecule has 4 aliphatic rings. The first kappa shape index (κ1) is 37.9. The van der Waals surface area contributed by atoms with E-state index in [4.69, 9.17) is 17.5 Å². The van der Waals surface area contributed by atoms with Crippen LogP contribution in [-0.2, 0) is 34.1 Å². The van der Waals surface area contributed by atoms with Crippen molar-refractivity contribution in [3.8, 4) is 0 Å². The molecule has 4 aliphatic heterocycles. The third-order valence-electron chi connectivity index (χ3n) is 11.2. The SMILES string of the molecule is CC1Cc2ccccc2[N+]1=CC=C1N(C)c2ccccc2C1(C)C.CC1Cc2ccccc2[N+]1=CC=C1N(C)c2ccccc2C1(C)C.O=S(=O)([O-])[O-]. The van der Waals surface area contributed by atoms with Crippen molar-refractivity contribution in [2.24, 2.45) is 0 Å². The highest BCUT2D eigenvalue weighted by molar-refractivity contribution is 7.79. The number of hydrogen-bond donors (Lipinski definition) is 0. The molecule has 8 nitrogen and oxygen atoms in total. The highest BCUT2D eigenvalue weighted by Gasteiger charge is 2.40. The van der Waals surface area contributed by atoms with Crippen LogP contribution in [0, 0.1) is 0 Å². The van der Waals surface area contributed by atoms with Crippen LogP contribution in [0.15, 0.2) is 121 Å². The highest BCUT2D eigenvalue weighted by Crippen LogP contribution is 2.47. The molecule has 0 aliphatic carbocycles. The van der Waals surface area contributed by atoms with Crippen LogP contribution in [0.4, 0.5) is 22.7 Å². The summed E-state index contributed by atoms with van der Waals surface area (Å²) in [6, 6.07) is 36.0. The maximum atomic E-state index is 8.52. The topological polar surface area (TPSA) is 92.8 Å². The van der Waals surface area contributed by atoms with Gasteiger partial charge in [-0.15, -0.1) is 0 Å². The van der Waals surface area contributed by atoms with Crippen LogP contribution in [0.25, 0.3) is 0 Å². The molecule has 0 aromatic heterocycles. The van der Waals surface area contributed by atoms with E-state index in [0.29, 0.717) is 12.1 Å². The highest BCUT2D eigenvalue weighted by atomic mass is 32.3. The third kappa shape index (κ3) is 7.51. The standard InChI is InChI=1S/2C22H25N2.H2O4S/c2*1-16-15-17-9-5-7-11-19(17)24(16)14-13-21-22(2,3)18-10-6-8-12-20(18)23(21)4;1-5(2,3)4/h2*5-14,16H,15H2,1-4H3;(H2,1,2,3,4)/q2*+1;/p-2. The largest absolute Gasteiger partial charge is 0.759 e. The summed E-state index contributed by atoms with van der Waals surface area (Å²) >= 11 is 0. The first-order chi connectivity index (χ1) is 25.0. The van der Waals surface area contributed by atoms with Crippen molar-refractivity contribution in [3.05, 3.63) is 143 Å². The van der Waals surface area contributed by atoms with Crippen LogP contribution in [0.2, 0.25) is 0 Å². The van der Waals surface area contributed by atoms with Gasteiger partial charge in [-0.2, -0.15) is 9.15 Å². The Morgan fingerprint density at radius 1 is 0.604 bits per heavy atom. The minimum atomic E-state index is -5.17. The molecule has 0 bridgehead atoms. The van der Waals surface area contributed by atoms with E-state index in [2.05, 4.69) is 196 Å². The van der Waals surface area contributed by atoms with Crippen molar-refractivity contribution < 1.29 is 26.7 Å². The van der Waals surface area contributed by atoms with Gasteiger partial charge in [-0.3, -0.25) is 8.42 Å². The lowest BCUT2D eigenvalue weighted by molar-refractivity contribution is -0.463. The second-order valence-corrected chi connectivity index (χ2v) is 16.2. The van der Waals surface area contributed by atoms with Crippen LogP contribution in [0.3, 0.4) is 0 Å². The molecular weight excluding hydrogens is 681 g/mol. The van der Waals surface area contributed by atoms with Crippen LogP contribution in [-0.4, -0.2) is 65.3 Å². The fraction of sp³-hybridized carbons (Fsp3) is 0.318. The molecule has 53 heavy (non-hydrogen) atoms. The van der Waals surface area contributed by atoms with Crippen LogP contribution < -0.4 is 9.80 Å². The Hall–Kier alpha value is -4.83. The number of para-hydroxylation sites is 4. The average molecular weight is 731 g/mol. The van der Waals surface area contributed by atoms with Gasteiger partial charge in [-0.1, -0.05) is 100 Å². The van der Waals surface area contributed by atoms with E-state index in [1.807, 2.05) is 0 Å². The lowest BCUT2D eigenvalue weighted by atomic mass is 9.84. The number of fused-ring (bicyclic) bond motifs is 4. The quantitative estimate of drug-likeness (QED) is 0.118. The van der Waals surface area contributed by atoms with Crippen molar-refractivity contribution in [2.75, 3.05) is 23.9 Å². The van der Waals surface area contributed by atoms with Gasteiger partial charge in [-0.25, -0.2) is 0 Å². The first-order valence-electron chi connectivity index (χ1n) is 18.2. The summed E-state index contributed by atoms with van der Waals surface area (Å²) in [7, 11) is -0.816. The Labute approximate surface area is 315 Å². The Morgan fingerprint density at radius 3 is 1.28 bits per heavy atom. The zero-order chi connectivity index (χ0) is 38.3. The zero-order valence-electron chi connectivity index (χ0n) is 31.9. The molecule has 4 aromatic rings. The number of likely N-dealkylation sites (N-methyl/N-ethyl adjacent to an activating group) is 2. The molecule has 9 heteroatoms. The Balaban J connectivity index is 0.000000161. The van der Waals surface area contributed by atoms with Crippen molar-refractivity contribution in [1.29, 1.82) is 0 Å². The predicted molar refractivity (Wildman–Crippen MR) is 214 cm³/mol. The molecule has 8 rings (SSSR count). The van der Waals surface area contributed by atoms with E-state index in [1.165, 1.54) is 56.4 Å². The summed E-state index contributed by atoms with van der Waals surface area (Å²) in [6.45, 7) is 13.9. The van der Waals surface area contributed by atoms with Gasteiger partial charge >= 0.3 is 0 Å². The molecule has 0 amide bonds. The zero-order valence-corrected chi connectivity index (χ0v) is 32.8. The first-order valence-corrected chi connectivity index (χ1v) is 19.5. The van der Waals surface area contributed by atoms with Gasteiger partial charge in [0.2, 0.25) is 11.4 Å². The Morgan fingerprint density at radius 2 is 0.925 bits per heavy atom. The van der Waals surface area contributed by atoms with Crippen LogP contribution in [0.1, 0.15) is 63.8 Å². The third-order valence-corrected chi connectivity index (χ3v) is 11.2. The number of nitrogens with zero attached hydrogens (tertiary/aromatic N) is 4. The van der Waals surface area contributed by atoms with Crippen LogP contribution in [0.5, 0.6) is 0 Å². The molecule has 2 atom stereocenters. The van der Waals surface area contributed by atoms with Crippen molar-refractivity contribution >= 4 is 45.6 Å². The molecule has 0 fully saturated rings. The molecule has 0 N–H and O–H groups in total. The molecule has 4 heterocycles. The molecular formula is C44H50N4O4S. The van der Waals surface area contributed by atoms with Gasteiger partial charge in [0, 0.05) is 106 Å². The van der Waals surface area contributed by atoms with E-state index in [-0.39, 0.29) is 10.8 Å². The van der Waals surface area contributed by atoms with Gasteiger partial charge in [0.25, 0.3) is 0 Å². The van der Waals surface area contributed by atoms with Crippen molar-refractivity contribution in [3.63, 3.8) is 0 Å².